The molecule has 3 fully saturated rings. The van der Waals surface area contributed by atoms with Crippen molar-refractivity contribution in [2.45, 2.75) is 13.3 Å². The first-order valence-electron chi connectivity index (χ1n) is 7.90. The van der Waals surface area contributed by atoms with Gasteiger partial charge in [0.25, 0.3) is 0 Å². The lowest BCUT2D eigenvalue weighted by Gasteiger charge is -2.37. The van der Waals surface area contributed by atoms with Gasteiger partial charge in [-0.15, -0.1) is 0 Å². The Morgan fingerprint density at radius 1 is 1.05 bits per heavy atom. The zero-order valence-corrected chi connectivity index (χ0v) is 13.0. The van der Waals surface area contributed by atoms with E-state index >= 15 is 0 Å². The fourth-order valence-corrected chi connectivity index (χ4v) is 5.11. The molecule has 0 aromatic heterocycles. The second-order valence-electron chi connectivity index (χ2n) is 7.10. The van der Waals surface area contributed by atoms with E-state index in [4.69, 9.17) is 11.6 Å². The van der Waals surface area contributed by atoms with E-state index in [2.05, 4.69) is 12.2 Å². The number of allylic oxidation sites excluding steroid dienone is 2. The van der Waals surface area contributed by atoms with Gasteiger partial charge in [-0.2, -0.15) is 0 Å². The number of halogens is 1. The fraction of sp³-hybridized carbons (Fsp3) is 0.444. The van der Waals surface area contributed by atoms with Crippen molar-refractivity contribution in [1.82, 2.24) is 0 Å². The van der Waals surface area contributed by atoms with Crippen LogP contribution in [0.15, 0.2) is 30.4 Å². The predicted molar refractivity (Wildman–Crippen MR) is 83.4 cm³/mol. The zero-order chi connectivity index (χ0) is 15.2. The van der Waals surface area contributed by atoms with E-state index in [-0.39, 0.29) is 35.5 Å². The summed E-state index contributed by atoms with van der Waals surface area (Å²) in [5, 5.41) is 0.594. The Balaban J connectivity index is 1.58. The smallest absolute Gasteiger partial charge is 0.238 e. The molecule has 2 saturated carbocycles. The molecule has 6 atom stereocenters. The summed E-state index contributed by atoms with van der Waals surface area (Å²) in [6.07, 6.45) is 5.57. The third-order valence-electron chi connectivity index (χ3n) is 6.08. The van der Waals surface area contributed by atoms with E-state index in [0.717, 1.165) is 5.56 Å². The standard InChI is InChI=1S/C18H16ClNO2/c1-8-2-3-9(6-14(8)19)20-17(21)15-10-4-5-11(13-7-12(10)13)16(15)18(20)22/h2-6,10-13,15-16H,7H2,1H3/t10-,11-,12-,13+,15+,16+/m0/s1. The summed E-state index contributed by atoms with van der Waals surface area (Å²) < 4.78 is 0. The Hall–Kier alpha value is -1.61. The topological polar surface area (TPSA) is 37.4 Å². The predicted octanol–water partition coefficient (Wildman–Crippen LogP) is 3.21. The van der Waals surface area contributed by atoms with E-state index in [1.165, 1.54) is 11.3 Å². The van der Waals surface area contributed by atoms with Gasteiger partial charge in [-0.3, -0.25) is 9.59 Å². The van der Waals surface area contributed by atoms with Crippen molar-refractivity contribution >= 4 is 29.1 Å². The second-order valence-corrected chi connectivity index (χ2v) is 7.51. The Bertz CT molecular complexity index is 719. The van der Waals surface area contributed by atoms with Gasteiger partial charge in [0, 0.05) is 5.02 Å². The van der Waals surface area contributed by atoms with Gasteiger partial charge in [-0.05, 0) is 54.7 Å². The van der Waals surface area contributed by atoms with Gasteiger partial charge in [0.1, 0.15) is 0 Å². The quantitative estimate of drug-likeness (QED) is 0.590. The Kier molecular flexibility index (Phi) is 2.35. The van der Waals surface area contributed by atoms with E-state index < -0.39 is 0 Å². The minimum atomic E-state index is -0.147. The zero-order valence-electron chi connectivity index (χ0n) is 12.2. The molecule has 4 aliphatic carbocycles. The first-order valence-corrected chi connectivity index (χ1v) is 8.28. The summed E-state index contributed by atoms with van der Waals surface area (Å²) in [5.41, 5.74) is 1.57. The van der Waals surface area contributed by atoms with Crippen molar-refractivity contribution < 1.29 is 9.59 Å². The van der Waals surface area contributed by atoms with Crippen molar-refractivity contribution in [3.8, 4) is 0 Å². The molecule has 0 N–H and O–H groups in total. The lowest BCUT2D eigenvalue weighted by Crippen LogP contribution is -2.40. The van der Waals surface area contributed by atoms with E-state index in [0.29, 0.717) is 22.5 Å². The molecule has 1 heterocycles. The first kappa shape index (κ1) is 12.9. The van der Waals surface area contributed by atoms with Crippen molar-refractivity contribution in [2.24, 2.45) is 35.5 Å². The number of amides is 2. The molecule has 6 rings (SSSR count). The van der Waals surface area contributed by atoms with Crippen LogP contribution < -0.4 is 4.90 Å². The molecule has 1 aromatic rings. The van der Waals surface area contributed by atoms with E-state index in [1.807, 2.05) is 19.1 Å². The number of hydrogen-bond acceptors (Lipinski definition) is 2. The van der Waals surface area contributed by atoms with Gasteiger partial charge in [0.05, 0.1) is 17.5 Å². The van der Waals surface area contributed by atoms with E-state index in [1.54, 1.807) is 6.07 Å². The van der Waals surface area contributed by atoms with Crippen molar-refractivity contribution in [3.05, 3.63) is 40.9 Å². The lowest BCUT2D eigenvalue weighted by atomic mass is 9.63. The maximum atomic E-state index is 12.9. The molecule has 5 aliphatic rings. The number of anilines is 1. The molecule has 22 heavy (non-hydrogen) atoms. The minimum absolute atomic E-state index is 0.0281. The van der Waals surface area contributed by atoms with Crippen LogP contribution in [0.2, 0.25) is 5.02 Å². The highest BCUT2D eigenvalue weighted by Crippen LogP contribution is 2.65. The van der Waals surface area contributed by atoms with Crippen LogP contribution in [-0.4, -0.2) is 11.8 Å². The number of rotatable bonds is 1. The number of carbonyl (C=O) groups excluding carboxylic acids is 2. The van der Waals surface area contributed by atoms with Crippen molar-refractivity contribution in [3.63, 3.8) is 0 Å². The van der Waals surface area contributed by atoms with E-state index in [9.17, 15) is 9.59 Å². The molecule has 0 unspecified atom stereocenters. The lowest BCUT2D eigenvalue weighted by molar-refractivity contribution is -0.124. The summed E-state index contributed by atoms with van der Waals surface area (Å²) in [4.78, 5) is 27.2. The van der Waals surface area contributed by atoms with Crippen molar-refractivity contribution in [2.75, 3.05) is 4.90 Å². The Morgan fingerprint density at radius 3 is 2.18 bits per heavy atom. The van der Waals surface area contributed by atoms with Gasteiger partial charge in [0.15, 0.2) is 0 Å². The second kappa shape index (κ2) is 4.02. The maximum Gasteiger partial charge on any atom is 0.238 e. The number of aryl methyl sites for hydroxylation is 1. The molecule has 0 radical (unpaired) electrons. The van der Waals surface area contributed by atoms with Crippen LogP contribution in [0.25, 0.3) is 0 Å². The summed E-state index contributed by atoms with van der Waals surface area (Å²) in [7, 11) is 0. The SMILES string of the molecule is Cc1ccc(N2C(=O)[C@@H]3[C@H]4C=C[C@@H]([C@@H]5C[C@H]45)[C@H]3C2=O)cc1Cl. The summed E-state index contributed by atoms with van der Waals surface area (Å²) in [6.45, 7) is 1.91. The number of imide groups is 1. The van der Waals surface area contributed by atoms with Crippen LogP contribution in [0.1, 0.15) is 12.0 Å². The molecule has 2 bridgehead atoms. The molecule has 112 valence electrons. The summed E-state index contributed by atoms with van der Waals surface area (Å²) in [6, 6.07) is 5.43. The van der Waals surface area contributed by atoms with Crippen LogP contribution in [0.5, 0.6) is 0 Å². The molecule has 1 saturated heterocycles. The minimum Gasteiger partial charge on any atom is -0.274 e. The number of carbonyl (C=O) groups is 2. The molecule has 2 amide bonds. The van der Waals surface area contributed by atoms with Gasteiger partial charge in [-0.25, -0.2) is 4.90 Å². The highest BCUT2D eigenvalue weighted by Gasteiger charge is 2.67. The molecule has 4 heteroatoms. The highest BCUT2D eigenvalue weighted by atomic mass is 35.5. The molecule has 1 aromatic carbocycles. The molecule has 0 spiro atoms. The Labute approximate surface area is 133 Å². The average molecular weight is 314 g/mol. The molecular formula is C18H16ClNO2. The van der Waals surface area contributed by atoms with Crippen LogP contribution >= 0.6 is 11.6 Å². The number of hydrogen-bond donors (Lipinski definition) is 0. The number of nitrogens with zero attached hydrogens (tertiary/aromatic N) is 1. The Morgan fingerprint density at radius 2 is 1.64 bits per heavy atom. The van der Waals surface area contributed by atoms with Gasteiger partial charge >= 0.3 is 0 Å². The fourth-order valence-electron chi connectivity index (χ4n) is 4.93. The average Bonchev–Trinajstić information content (AvgIpc) is 3.28. The normalized spacial score (nSPS) is 40.9. The summed E-state index contributed by atoms with van der Waals surface area (Å²) in [5.74, 6) is 1.45. The van der Waals surface area contributed by atoms with Crippen LogP contribution in [0.4, 0.5) is 5.69 Å². The summed E-state index contributed by atoms with van der Waals surface area (Å²) >= 11 is 6.18. The molecule has 1 aliphatic heterocycles. The third-order valence-corrected chi connectivity index (χ3v) is 6.48. The van der Waals surface area contributed by atoms with Gasteiger partial charge < -0.3 is 0 Å². The van der Waals surface area contributed by atoms with Crippen molar-refractivity contribution in [1.29, 1.82) is 0 Å². The first-order chi connectivity index (χ1) is 10.6. The highest BCUT2D eigenvalue weighted by molar-refractivity contribution is 6.32. The van der Waals surface area contributed by atoms with Gasteiger partial charge in [-0.1, -0.05) is 29.8 Å². The molecular weight excluding hydrogens is 298 g/mol. The molecule has 3 nitrogen and oxygen atoms in total. The van der Waals surface area contributed by atoms with Gasteiger partial charge in [0.2, 0.25) is 11.8 Å². The third kappa shape index (κ3) is 1.43. The van der Waals surface area contributed by atoms with Crippen LogP contribution in [0.3, 0.4) is 0 Å². The maximum absolute atomic E-state index is 12.9. The monoisotopic (exact) mass is 313 g/mol. The largest absolute Gasteiger partial charge is 0.274 e. The number of benzene rings is 1. The van der Waals surface area contributed by atoms with Crippen LogP contribution in [-0.2, 0) is 9.59 Å². The van der Waals surface area contributed by atoms with Crippen LogP contribution in [0, 0.1) is 42.4 Å².